The summed E-state index contributed by atoms with van der Waals surface area (Å²) in [4.78, 5) is 4.52. The zero-order valence-electron chi connectivity index (χ0n) is 15.7. The maximum absolute atomic E-state index is 5.70. The fourth-order valence-corrected chi connectivity index (χ4v) is 3.45. The molecule has 0 amide bonds. The lowest BCUT2D eigenvalue weighted by Crippen LogP contribution is -1.96. The van der Waals surface area contributed by atoms with Crippen molar-refractivity contribution in [2.45, 2.75) is 0 Å². The van der Waals surface area contributed by atoms with Crippen molar-refractivity contribution in [2.75, 3.05) is 7.11 Å². The Balaban J connectivity index is 1.68. The van der Waals surface area contributed by atoms with Gasteiger partial charge >= 0.3 is 0 Å². The maximum Gasteiger partial charge on any atom is 0.176 e. The smallest absolute Gasteiger partial charge is 0.176 e. The predicted molar refractivity (Wildman–Crippen MR) is 104 cm³/mol. The van der Waals surface area contributed by atoms with Gasteiger partial charge in [0.25, 0.3) is 0 Å². The average Bonchev–Trinajstić information content (AvgIpc) is 3.47. The van der Waals surface area contributed by atoms with Crippen molar-refractivity contribution < 1.29 is 9.15 Å². The molecule has 0 fully saturated rings. The molecule has 0 spiro atoms. The number of methoxy groups -OCH3 is 1. The molecule has 0 aromatic carbocycles. The number of aryl methyl sites for hydroxylation is 1. The first-order valence-electron chi connectivity index (χ1n) is 8.76. The number of aromatic nitrogens is 6. The Morgan fingerprint density at radius 1 is 1.04 bits per heavy atom. The van der Waals surface area contributed by atoms with E-state index in [1.807, 2.05) is 72.4 Å². The minimum absolute atomic E-state index is 0.719. The van der Waals surface area contributed by atoms with E-state index in [9.17, 15) is 0 Å². The highest BCUT2D eigenvalue weighted by atomic mass is 16.5. The predicted octanol–water partition coefficient (Wildman–Crippen LogP) is 3.40. The number of rotatable bonds is 4. The van der Waals surface area contributed by atoms with Crippen LogP contribution in [0.2, 0.25) is 0 Å². The molecule has 0 saturated carbocycles. The van der Waals surface area contributed by atoms with Gasteiger partial charge in [0.05, 0.1) is 37.7 Å². The second-order valence-electron chi connectivity index (χ2n) is 6.55. The van der Waals surface area contributed by atoms with Crippen LogP contribution in [0, 0.1) is 0 Å². The van der Waals surface area contributed by atoms with Gasteiger partial charge in [-0.05, 0) is 18.2 Å². The topological polar surface area (TPSA) is 75.3 Å². The molecule has 0 radical (unpaired) electrons. The molecule has 0 atom stereocenters. The molecule has 0 saturated heterocycles. The third-order valence-electron chi connectivity index (χ3n) is 4.84. The van der Waals surface area contributed by atoms with E-state index < -0.39 is 0 Å². The fraction of sp³-hybridized carbons (Fsp3) is 0.150. The van der Waals surface area contributed by atoms with E-state index >= 15 is 0 Å². The van der Waals surface area contributed by atoms with Gasteiger partial charge in [0, 0.05) is 43.2 Å². The van der Waals surface area contributed by atoms with Crippen molar-refractivity contribution in [1.29, 1.82) is 0 Å². The Hall–Kier alpha value is -3.81. The highest BCUT2D eigenvalue weighted by molar-refractivity contribution is 5.85. The van der Waals surface area contributed by atoms with Gasteiger partial charge in [-0.25, -0.2) is 9.50 Å². The third kappa shape index (κ3) is 2.42. The Labute approximate surface area is 160 Å². The quantitative estimate of drug-likeness (QED) is 0.482. The van der Waals surface area contributed by atoms with Gasteiger partial charge in [0.1, 0.15) is 11.3 Å². The molecule has 140 valence electrons. The summed E-state index contributed by atoms with van der Waals surface area (Å²) in [5.74, 6) is 2.20. The summed E-state index contributed by atoms with van der Waals surface area (Å²) in [6.45, 7) is 0. The number of pyridine rings is 1. The number of furan rings is 1. The molecule has 28 heavy (non-hydrogen) atoms. The van der Waals surface area contributed by atoms with Crippen molar-refractivity contribution in [3.63, 3.8) is 0 Å². The summed E-state index contributed by atoms with van der Waals surface area (Å²) >= 11 is 0. The van der Waals surface area contributed by atoms with E-state index in [4.69, 9.17) is 9.15 Å². The summed E-state index contributed by atoms with van der Waals surface area (Å²) in [7, 11) is 5.51. The lowest BCUT2D eigenvalue weighted by molar-refractivity contribution is 0.418. The van der Waals surface area contributed by atoms with Gasteiger partial charge in [-0.15, -0.1) is 0 Å². The second kappa shape index (κ2) is 6.12. The van der Waals surface area contributed by atoms with Crippen molar-refractivity contribution >= 4 is 5.52 Å². The van der Waals surface area contributed by atoms with Gasteiger partial charge in [0.15, 0.2) is 11.6 Å². The van der Waals surface area contributed by atoms with Gasteiger partial charge in [0.2, 0.25) is 0 Å². The zero-order valence-corrected chi connectivity index (χ0v) is 15.7. The number of imidazole rings is 1. The minimum Gasteiger partial charge on any atom is -0.494 e. The summed E-state index contributed by atoms with van der Waals surface area (Å²) in [6, 6.07) is 5.74. The Morgan fingerprint density at radius 2 is 1.93 bits per heavy atom. The molecule has 0 N–H and O–H groups in total. The van der Waals surface area contributed by atoms with Gasteiger partial charge in [-0.1, -0.05) is 0 Å². The average molecular weight is 374 g/mol. The molecular formula is C20H18N6O2. The van der Waals surface area contributed by atoms with Crippen molar-refractivity contribution in [3.05, 3.63) is 55.4 Å². The number of hydrogen-bond acceptors (Lipinski definition) is 5. The standard InChI is InChI=1S/C20H18N6O2/c1-24-11-14(8-22-24)13-7-18(27-3)19-15(9-23-26(19)12-13)16-10-21-20(25(16)2)17-5-4-6-28-17/h4-12H,1-3H3. The van der Waals surface area contributed by atoms with Crippen LogP contribution in [0.5, 0.6) is 5.75 Å². The molecule has 5 rings (SSSR count). The lowest BCUT2D eigenvalue weighted by Gasteiger charge is -2.09. The highest BCUT2D eigenvalue weighted by Gasteiger charge is 2.19. The van der Waals surface area contributed by atoms with E-state index in [2.05, 4.69) is 15.2 Å². The molecular weight excluding hydrogens is 356 g/mol. The highest BCUT2D eigenvalue weighted by Crippen LogP contribution is 2.35. The molecule has 8 heteroatoms. The van der Waals surface area contributed by atoms with Crippen LogP contribution < -0.4 is 4.74 Å². The monoisotopic (exact) mass is 374 g/mol. The van der Waals surface area contributed by atoms with E-state index in [0.717, 1.165) is 45.2 Å². The summed E-state index contributed by atoms with van der Waals surface area (Å²) in [5, 5.41) is 8.80. The van der Waals surface area contributed by atoms with Gasteiger partial charge < -0.3 is 13.7 Å². The largest absolute Gasteiger partial charge is 0.494 e. The fourth-order valence-electron chi connectivity index (χ4n) is 3.45. The minimum atomic E-state index is 0.719. The number of ether oxygens (including phenoxy) is 1. The van der Waals surface area contributed by atoms with Crippen LogP contribution in [-0.2, 0) is 14.1 Å². The van der Waals surface area contributed by atoms with Crippen LogP contribution in [-0.4, -0.2) is 36.1 Å². The van der Waals surface area contributed by atoms with Crippen LogP contribution in [0.25, 0.3) is 39.5 Å². The van der Waals surface area contributed by atoms with Crippen LogP contribution in [0.3, 0.4) is 0 Å². The summed E-state index contributed by atoms with van der Waals surface area (Å²) in [5.41, 5.74) is 4.72. The van der Waals surface area contributed by atoms with Crippen LogP contribution in [0.4, 0.5) is 0 Å². The molecule has 5 heterocycles. The lowest BCUT2D eigenvalue weighted by atomic mass is 10.1. The zero-order chi connectivity index (χ0) is 19.3. The Bertz CT molecular complexity index is 1280. The molecule has 8 nitrogen and oxygen atoms in total. The van der Waals surface area contributed by atoms with Crippen LogP contribution in [0.1, 0.15) is 0 Å². The maximum atomic E-state index is 5.70. The molecule has 0 aliphatic heterocycles. The first kappa shape index (κ1) is 16.4. The molecule has 0 aliphatic carbocycles. The van der Waals surface area contributed by atoms with Gasteiger partial charge in [-0.2, -0.15) is 10.2 Å². The third-order valence-corrected chi connectivity index (χ3v) is 4.84. The number of hydrogen-bond donors (Lipinski definition) is 0. The first-order valence-corrected chi connectivity index (χ1v) is 8.76. The number of fused-ring (bicyclic) bond motifs is 1. The first-order chi connectivity index (χ1) is 13.7. The Morgan fingerprint density at radius 3 is 2.64 bits per heavy atom. The van der Waals surface area contributed by atoms with E-state index in [0.29, 0.717) is 0 Å². The van der Waals surface area contributed by atoms with E-state index in [-0.39, 0.29) is 0 Å². The molecule has 0 aliphatic rings. The van der Waals surface area contributed by atoms with Crippen LogP contribution >= 0.6 is 0 Å². The number of nitrogens with zero attached hydrogens (tertiary/aromatic N) is 6. The molecule has 5 aromatic heterocycles. The van der Waals surface area contributed by atoms with Gasteiger partial charge in [-0.3, -0.25) is 4.68 Å². The van der Waals surface area contributed by atoms with E-state index in [1.54, 1.807) is 18.1 Å². The van der Waals surface area contributed by atoms with Crippen molar-refractivity contribution in [2.24, 2.45) is 14.1 Å². The molecule has 0 unspecified atom stereocenters. The summed E-state index contributed by atoms with van der Waals surface area (Å²) in [6.07, 6.45) is 11.0. The van der Waals surface area contributed by atoms with Crippen molar-refractivity contribution in [3.8, 4) is 39.7 Å². The molecule has 0 bridgehead atoms. The molecule has 5 aromatic rings. The second-order valence-corrected chi connectivity index (χ2v) is 6.55. The van der Waals surface area contributed by atoms with E-state index in [1.165, 1.54) is 0 Å². The normalized spacial score (nSPS) is 11.4. The SMILES string of the molecule is COc1cc(-c2cnn(C)c2)cn2ncc(-c3cnc(-c4ccco4)n3C)c12. The Kier molecular flexibility index (Phi) is 3.58. The van der Waals surface area contributed by atoms with Crippen molar-refractivity contribution in [1.82, 2.24) is 28.9 Å². The summed E-state index contributed by atoms with van der Waals surface area (Å²) < 4.78 is 16.8. The van der Waals surface area contributed by atoms with Crippen LogP contribution in [0.15, 0.2) is 59.9 Å².